The van der Waals surface area contributed by atoms with Gasteiger partial charge < -0.3 is 24.4 Å². The number of halogens is 1. The van der Waals surface area contributed by atoms with Gasteiger partial charge in [0.2, 0.25) is 0 Å². The summed E-state index contributed by atoms with van der Waals surface area (Å²) in [6.07, 6.45) is 33.1. The molecule has 1 aromatic carbocycles. The topological polar surface area (TPSA) is 102 Å². The number of hydrogen-bond donors (Lipinski definition) is 2. The minimum Gasteiger partial charge on any atom is -0.494 e. The van der Waals surface area contributed by atoms with Gasteiger partial charge in [0.15, 0.2) is 0 Å². The van der Waals surface area contributed by atoms with Gasteiger partial charge in [0.25, 0.3) is 0 Å². The number of allylic oxidation sites excluding steroid dienone is 2. The van der Waals surface area contributed by atoms with Gasteiger partial charge in [0, 0.05) is 24.1 Å². The van der Waals surface area contributed by atoms with Crippen LogP contribution in [0.15, 0.2) is 48.6 Å². The highest BCUT2D eigenvalue weighted by atomic mass is 35.5. The zero-order valence-electron chi connectivity index (χ0n) is 34.4. The van der Waals surface area contributed by atoms with E-state index in [0.717, 1.165) is 44.9 Å². The molecule has 0 amide bonds. The van der Waals surface area contributed by atoms with E-state index in [1.54, 1.807) is 18.2 Å². The number of esters is 2. The zero-order chi connectivity index (χ0) is 39.6. The second-order valence-corrected chi connectivity index (χ2v) is 16.8. The summed E-state index contributed by atoms with van der Waals surface area (Å²) in [6, 6.07) is 7.12. The lowest BCUT2D eigenvalue weighted by molar-refractivity contribution is -0.144. The minimum absolute atomic E-state index is 0.0181. The fourth-order valence-electron chi connectivity index (χ4n) is 8.16. The lowest BCUT2D eigenvalue weighted by Gasteiger charge is -2.45. The van der Waals surface area contributed by atoms with E-state index in [2.05, 4.69) is 32.1 Å². The second kappa shape index (κ2) is 28.1. The maximum absolute atomic E-state index is 12.6. The molecule has 0 aromatic heterocycles. The molecule has 8 heteroatoms. The van der Waals surface area contributed by atoms with E-state index in [1.807, 2.05) is 12.1 Å². The Morgan fingerprint density at radius 2 is 1.53 bits per heavy atom. The predicted octanol–water partition coefficient (Wildman–Crippen LogP) is 11.9. The van der Waals surface area contributed by atoms with E-state index in [9.17, 15) is 19.8 Å². The molecule has 0 heterocycles. The molecule has 7 nitrogen and oxygen atoms in total. The number of rotatable bonds is 31. The molecule has 2 aliphatic carbocycles. The fraction of sp³-hybridized carbons (Fsp3) is 0.745. The van der Waals surface area contributed by atoms with Crippen molar-refractivity contribution >= 4 is 23.5 Å². The Kier molecular flexibility index (Phi) is 24.0. The van der Waals surface area contributed by atoms with Gasteiger partial charge in [-0.15, -0.1) is 11.6 Å². The minimum atomic E-state index is -0.467. The molecule has 3 rings (SSSR count). The third kappa shape index (κ3) is 18.2. The van der Waals surface area contributed by atoms with Crippen LogP contribution in [0.1, 0.15) is 178 Å². The highest BCUT2D eigenvalue weighted by Gasteiger charge is 2.42. The van der Waals surface area contributed by atoms with Gasteiger partial charge in [-0.05, 0) is 87.3 Å². The smallest absolute Gasteiger partial charge is 0.338 e. The van der Waals surface area contributed by atoms with Gasteiger partial charge in [0.05, 0.1) is 37.6 Å². The lowest BCUT2D eigenvalue weighted by atomic mass is 9.63. The van der Waals surface area contributed by atoms with E-state index in [4.69, 9.17) is 25.8 Å². The normalized spacial score (nSPS) is 21.2. The van der Waals surface area contributed by atoms with Crippen molar-refractivity contribution in [3.8, 4) is 5.75 Å². The average Bonchev–Trinajstić information content (AvgIpc) is 3.43. The molecule has 1 aromatic rings. The quantitative estimate of drug-likeness (QED) is 0.0334. The van der Waals surface area contributed by atoms with Crippen LogP contribution in [0.3, 0.4) is 0 Å². The molecule has 0 spiro atoms. The molecule has 55 heavy (non-hydrogen) atoms. The summed E-state index contributed by atoms with van der Waals surface area (Å²) in [7, 11) is 0. The Bertz CT molecular complexity index is 1240. The molecule has 0 unspecified atom stereocenters. The van der Waals surface area contributed by atoms with E-state index in [1.165, 1.54) is 77.0 Å². The van der Waals surface area contributed by atoms with E-state index in [0.29, 0.717) is 50.0 Å². The summed E-state index contributed by atoms with van der Waals surface area (Å²) in [5.41, 5.74) is 0.529. The second-order valence-electron chi connectivity index (χ2n) is 16.2. The summed E-state index contributed by atoms with van der Waals surface area (Å²) >= 11 is 6.63. The third-order valence-electron chi connectivity index (χ3n) is 12.0. The van der Waals surface area contributed by atoms with Crippen LogP contribution >= 0.6 is 11.6 Å². The van der Waals surface area contributed by atoms with Crippen LogP contribution in [0.5, 0.6) is 5.75 Å². The summed E-state index contributed by atoms with van der Waals surface area (Å²) in [5.74, 6) is 0.130. The summed E-state index contributed by atoms with van der Waals surface area (Å²) in [6.45, 7) is 5.45. The van der Waals surface area contributed by atoms with Gasteiger partial charge in [-0.3, -0.25) is 4.79 Å². The molecular formula is C47H75ClO7. The number of aliphatic hydroxyl groups is 2. The molecule has 5 atom stereocenters. The maximum atomic E-state index is 12.6. The number of alkyl halides is 1. The van der Waals surface area contributed by atoms with E-state index >= 15 is 0 Å². The molecule has 2 aliphatic rings. The molecule has 2 N–H and O–H groups in total. The molecule has 0 bridgehead atoms. The molecular weight excluding hydrogens is 712 g/mol. The first kappa shape index (κ1) is 47.0. The van der Waals surface area contributed by atoms with Crippen LogP contribution in [-0.4, -0.2) is 59.6 Å². The van der Waals surface area contributed by atoms with Gasteiger partial charge in [-0.25, -0.2) is 4.79 Å². The van der Waals surface area contributed by atoms with Crippen LogP contribution < -0.4 is 4.74 Å². The van der Waals surface area contributed by atoms with Crippen molar-refractivity contribution in [1.29, 1.82) is 0 Å². The monoisotopic (exact) mass is 787 g/mol. The molecule has 0 radical (unpaired) electrons. The highest BCUT2D eigenvalue weighted by Crippen LogP contribution is 2.48. The van der Waals surface area contributed by atoms with Crippen molar-refractivity contribution in [2.75, 3.05) is 19.8 Å². The third-order valence-corrected chi connectivity index (χ3v) is 12.5. The number of carbonyl (C=O) groups is 2. The van der Waals surface area contributed by atoms with Crippen LogP contribution in [0.4, 0.5) is 0 Å². The Morgan fingerprint density at radius 3 is 2.18 bits per heavy atom. The van der Waals surface area contributed by atoms with E-state index < -0.39 is 12.1 Å². The summed E-state index contributed by atoms with van der Waals surface area (Å²) in [5, 5.41) is 21.3. The van der Waals surface area contributed by atoms with Crippen LogP contribution in [-0.2, 0) is 14.3 Å². The van der Waals surface area contributed by atoms with Gasteiger partial charge in [-0.2, -0.15) is 0 Å². The Balaban J connectivity index is 1.18. The van der Waals surface area contributed by atoms with Gasteiger partial charge in [0.1, 0.15) is 5.75 Å². The lowest BCUT2D eigenvalue weighted by Crippen LogP contribution is -2.40. The first-order valence-corrected chi connectivity index (χ1v) is 22.6. The molecule has 0 aliphatic heterocycles. The van der Waals surface area contributed by atoms with Crippen molar-refractivity contribution in [2.45, 2.75) is 186 Å². The van der Waals surface area contributed by atoms with Crippen molar-refractivity contribution in [3.63, 3.8) is 0 Å². The van der Waals surface area contributed by atoms with Crippen molar-refractivity contribution in [1.82, 2.24) is 0 Å². The predicted molar refractivity (Wildman–Crippen MR) is 225 cm³/mol. The molecule has 0 saturated heterocycles. The SMILES string of the molecule is CCCCCCCCCCCCCCCOc1cccc(C(=O)OCCCOC(=O)CCCC=CC[C@@H]2[C@@H](C=CC[C@H](O)C3(CC)CCC3)[C@H](O)C[C@H]2Cl)c1. The van der Waals surface area contributed by atoms with Crippen LogP contribution in [0.2, 0.25) is 0 Å². The largest absolute Gasteiger partial charge is 0.494 e. The average molecular weight is 788 g/mol. The van der Waals surface area contributed by atoms with Crippen molar-refractivity contribution < 1.29 is 34.0 Å². The van der Waals surface area contributed by atoms with Crippen LogP contribution in [0.25, 0.3) is 0 Å². The molecule has 2 saturated carbocycles. The first-order valence-electron chi connectivity index (χ1n) is 22.2. The Labute approximate surface area is 339 Å². The number of carbonyl (C=O) groups excluding carboxylic acids is 2. The van der Waals surface area contributed by atoms with E-state index in [-0.39, 0.29) is 47.9 Å². The number of benzene rings is 1. The van der Waals surface area contributed by atoms with Crippen LogP contribution in [0, 0.1) is 17.3 Å². The molecule has 2 fully saturated rings. The Morgan fingerprint density at radius 1 is 0.855 bits per heavy atom. The van der Waals surface area contributed by atoms with Crippen molar-refractivity contribution in [3.05, 3.63) is 54.1 Å². The summed E-state index contributed by atoms with van der Waals surface area (Å²) in [4.78, 5) is 24.8. The fourth-order valence-corrected chi connectivity index (χ4v) is 8.61. The number of ether oxygens (including phenoxy) is 3. The Hall–Kier alpha value is -2.35. The van der Waals surface area contributed by atoms with Gasteiger partial charge in [-0.1, -0.05) is 128 Å². The highest BCUT2D eigenvalue weighted by molar-refractivity contribution is 6.21. The maximum Gasteiger partial charge on any atom is 0.338 e. The number of aliphatic hydroxyl groups excluding tert-OH is 2. The standard InChI is InChI=1S/C47H75ClO7/c1-3-5-6-7-8-9-10-11-12-13-14-17-20-33-53-39-26-21-25-38(36-39)46(52)55-35-24-34-54-45(51)30-19-16-15-18-27-40-41(43(49)37-42(40)48)28-22-29-44(50)47(4-2)31-23-32-47/h15,18,21-22,25-26,28,36,40-44,49-50H,3-14,16-17,19-20,23-24,27,29-35,37H2,1-2H3/t40-,41-,42-,43-,44+/m1/s1. The summed E-state index contributed by atoms with van der Waals surface area (Å²) < 4.78 is 16.6. The first-order chi connectivity index (χ1) is 26.8. The van der Waals surface area contributed by atoms with Crippen molar-refractivity contribution in [2.24, 2.45) is 17.3 Å². The zero-order valence-corrected chi connectivity index (χ0v) is 35.2. The number of hydrogen-bond acceptors (Lipinski definition) is 7. The number of unbranched alkanes of at least 4 members (excludes halogenated alkanes) is 13. The molecule has 312 valence electrons. The van der Waals surface area contributed by atoms with Gasteiger partial charge >= 0.3 is 11.9 Å².